The molecule has 5 heteroatoms. The van der Waals surface area contributed by atoms with E-state index in [1.54, 1.807) is 7.11 Å². The Hall–Kier alpha value is -1.26. The standard InChI is InChI=1S/C17H26N2O2.ClH/c1-12-6-7-16(21-2)14(10-12)8-9-19-17(20)11-13-4-3-5-15(13)18;/h6-7,10,13,15H,3-5,8-9,11,18H2,1-2H3,(H,19,20);1H/t13-,15+;/m0./s1. The third-order valence-corrected chi connectivity index (χ3v) is 4.32. The van der Waals surface area contributed by atoms with E-state index in [-0.39, 0.29) is 24.4 Å². The molecule has 0 aromatic heterocycles. The molecule has 0 unspecified atom stereocenters. The van der Waals surface area contributed by atoms with E-state index in [1.165, 1.54) is 5.56 Å². The molecule has 0 saturated heterocycles. The number of nitrogens with one attached hydrogen (secondary N) is 1. The van der Waals surface area contributed by atoms with Crippen LogP contribution in [-0.4, -0.2) is 25.6 Å². The lowest BCUT2D eigenvalue weighted by atomic mass is 10.00. The third kappa shape index (κ3) is 5.18. The van der Waals surface area contributed by atoms with Gasteiger partial charge in [0.1, 0.15) is 5.75 Å². The Bertz CT molecular complexity index is 494. The van der Waals surface area contributed by atoms with E-state index in [9.17, 15) is 4.79 Å². The minimum Gasteiger partial charge on any atom is -0.496 e. The summed E-state index contributed by atoms with van der Waals surface area (Å²) in [6.45, 7) is 2.70. The number of rotatable bonds is 6. The summed E-state index contributed by atoms with van der Waals surface area (Å²) in [5, 5.41) is 3.00. The maximum atomic E-state index is 12.0. The molecule has 0 radical (unpaired) electrons. The maximum absolute atomic E-state index is 12.0. The van der Waals surface area contributed by atoms with Crippen LogP contribution >= 0.6 is 12.4 Å². The third-order valence-electron chi connectivity index (χ3n) is 4.32. The van der Waals surface area contributed by atoms with Gasteiger partial charge in [-0.05, 0) is 43.7 Å². The van der Waals surface area contributed by atoms with Gasteiger partial charge in [-0.25, -0.2) is 0 Å². The number of ether oxygens (including phenoxy) is 1. The predicted molar refractivity (Wildman–Crippen MR) is 91.6 cm³/mol. The topological polar surface area (TPSA) is 64.3 Å². The van der Waals surface area contributed by atoms with Gasteiger partial charge in [-0.1, -0.05) is 24.1 Å². The number of carbonyl (C=O) groups excluding carboxylic acids is 1. The summed E-state index contributed by atoms with van der Waals surface area (Å²) < 4.78 is 5.35. The molecule has 2 rings (SSSR count). The van der Waals surface area contributed by atoms with Crippen LogP contribution in [0.25, 0.3) is 0 Å². The van der Waals surface area contributed by atoms with E-state index in [2.05, 4.69) is 18.3 Å². The minimum absolute atomic E-state index is 0. The number of carbonyl (C=O) groups is 1. The summed E-state index contributed by atoms with van der Waals surface area (Å²) in [5.41, 5.74) is 8.34. The van der Waals surface area contributed by atoms with Crippen molar-refractivity contribution in [1.82, 2.24) is 5.32 Å². The second-order valence-corrected chi connectivity index (χ2v) is 5.97. The molecule has 1 aliphatic rings. The number of benzene rings is 1. The first-order valence-electron chi connectivity index (χ1n) is 7.76. The SMILES string of the molecule is COc1ccc(C)cc1CCNC(=O)C[C@@H]1CCC[C@H]1N.Cl. The predicted octanol–water partition coefficient (Wildman–Crippen LogP) is 2.60. The summed E-state index contributed by atoms with van der Waals surface area (Å²) >= 11 is 0. The molecule has 1 saturated carbocycles. The molecule has 1 amide bonds. The smallest absolute Gasteiger partial charge is 0.220 e. The summed E-state index contributed by atoms with van der Waals surface area (Å²) in [7, 11) is 1.67. The molecule has 3 N–H and O–H groups in total. The van der Waals surface area contributed by atoms with E-state index in [0.29, 0.717) is 18.9 Å². The summed E-state index contributed by atoms with van der Waals surface area (Å²) in [4.78, 5) is 12.0. The van der Waals surface area contributed by atoms with Gasteiger partial charge in [0.05, 0.1) is 7.11 Å². The zero-order chi connectivity index (χ0) is 15.2. The van der Waals surface area contributed by atoms with E-state index < -0.39 is 0 Å². The Morgan fingerprint density at radius 2 is 2.18 bits per heavy atom. The summed E-state index contributed by atoms with van der Waals surface area (Å²) in [5.74, 6) is 1.36. The van der Waals surface area contributed by atoms with E-state index >= 15 is 0 Å². The average molecular weight is 327 g/mol. The van der Waals surface area contributed by atoms with Crippen molar-refractivity contribution in [3.63, 3.8) is 0 Å². The molecule has 0 spiro atoms. The van der Waals surface area contributed by atoms with Gasteiger partial charge in [-0.15, -0.1) is 12.4 Å². The molecule has 1 aliphatic carbocycles. The van der Waals surface area contributed by atoms with Crippen LogP contribution in [0.4, 0.5) is 0 Å². The fourth-order valence-corrected chi connectivity index (χ4v) is 3.07. The zero-order valence-corrected chi connectivity index (χ0v) is 14.2. The monoisotopic (exact) mass is 326 g/mol. The van der Waals surface area contributed by atoms with Crippen molar-refractivity contribution in [2.75, 3.05) is 13.7 Å². The van der Waals surface area contributed by atoms with Crippen LogP contribution in [0.1, 0.15) is 36.8 Å². The van der Waals surface area contributed by atoms with Crippen LogP contribution in [0.15, 0.2) is 18.2 Å². The van der Waals surface area contributed by atoms with Crippen LogP contribution in [0, 0.1) is 12.8 Å². The molecule has 0 aliphatic heterocycles. The van der Waals surface area contributed by atoms with Gasteiger partial charge in [0, 0.05) is 19.0 Å². The van der Waals surface area contributed by atoms with Gasteiger partial charge in [0.25, 0.3) is 0 Å². The van der Waals surface area contributed by atoms with Crippen LogP contribution in [-0.2, 0) is 11.2 Å². The minimum atomic E-state index is 0. The average Bonchev–Trinajstić information content (AvgIpc) is 2.84. The second-order valence-electron chi connectivity index (χ2n) is 5.97. The highest BCUT2D eigenvalue weighted by Crippen LogP contribution is 2.26. The normalized spacial score (nSPS) is 20.3. The number of hydrogen-bond acceptors (Lipinski definition) is 3. The van der Waals surface area contributed by atoms with Gasteiger partial charge >= 0.3 is 0 Å². The number of methoxy groups -OCH3 is 1. The van der Waals surface area contributed by atoms with Crippen LogP contribution in [0.2, 0.25) is 0 Å². The van der Waals surface area contributed by atoms with E-state index in [0.717, 1.165) is 37.0 Å². The van der Waals surface area contributed by atoms with Crippen molar-refractivity contribution in [2.45, 2.75) is 45.1 Å². The second kappa shape index (κ2) is 9.01. The lowest BCUT2D eigenvalue weighted by Crippen LogP contribution is -2.32. The van der Waals surface area contributed by atoms with Crippen molar-refractivity contribution in [3.05, 3.63) is 29.3 Å². The fourth-order valence-electron chi connectivity index (χ4n) is 3.07. The van der Waals surface area contributed by atoms with E-state index in [1.807, 2.05) is 12.1 Å². The first-order valence-corrected chi connectivity index (χ1v) is 7.76. The van der Waals surface area contributed by atoms with Crippen molar-refractivity contribution in [2.24, 2.45) is 11.7 Å². The van der Waals surface area contributed by atoms with Crippen LogP contribution in [0.3, 0.4) is 0 Å². The number of nitrogens with two attached hydrogens (primary N) is 1. The molecule has 4 nitrogen and oxygen atoms in total. The molecule has 22 heavy (non-hydrogen) atoms. The molecule has 0 heterocycles. The molecule has 1 aromatic rings. The highest BCUT2D eigenvalue weighted by molar-refractivity contribution is 5.85. The fraction of sp³-hybridized carbons (Fsp3) is 0.588. The number of amides is 1. The first-order chi connectivity index (χ1) is 10.1. The number of halogens is 1. The molecule has 2 atom stereocenters. The Kier molecular flexibility index (Phi) is 7.69. The molecule has 1 aromatic carbocycles. The van der Waals surface area contributed by atoms with Gasteiger partial charge in [-0.3, -0.25) is 4.79 Å². The highest BCUT2D eigenvalue weighted by atomic mass is 35.5. The van der Waals surface area contributed by atoms with Gasteiger partial charge in [0.2, 0.25) is 5.91 Å². The van der Waals surface area contributed by atoms with E-state index in [4.69, 9.17) is 10.5 Å². The Morgan fingerprint density at radius 3 is 2.82 bits per heavy atom. The number of hydrogen-bond donors (Lipinski definition) is 2. The Labute approximate surface area is 139 Å². The van der Waals surface area contributed by atoms with Crippen LogP contribution in [0.5, 0.6) is 5.75 Å². The summed E-state index contributed by atoms with van der Waals surface area (Å²) in [6.07, 6.45) is 4.64. The van der Waals surface area contributed by atoms with Crippen molar-refractivity contribution < 1.29 is 9.53 Å². The molecular weight excluding hydrogens is 300 g/mol. The van der Waals surface area contributed by atoms with Crippen molar-refractivity contribution in [1.29, 1.82) is 0 Å². The molecule has 0 bridgehead atoms. The van der Waals surface area contributed by atoms with Gasteiger partial charge in [-0.2, -0.15) is 0 Å². The number of aryl methyl sites for hydroxylation is 1. The van der Waals surface area contributed by atoms with Gasteiger partial charge in [0.15, 0.2) is 0 Å². The first kappa shape index (κ1) is 18.8. The molecule has 1 fully saturated rings. The lowest BCUT2D eigenvalue weighted by Gasteiger charge is -2.15. The largest absolute Gasteiger partial charge is 0.496 e. The Balaban J connectivity index is 0.00000242. The van der Waals surface area contributed by atoms with Gasteiger partial charge < -0.3 is 15.8 Å². The lowest BCUT2D eigenvalue weighted by molar-refractivity contribution is -0.122. The highest BCUT2D eigenvalue weighted by Gasteiger charge is 2.25. The maximum Gasteiger partial charge on any atom is 0.220 e. The van der Waals surface area contributed by atoms with Crippen LogP contribution < -0.4 is 15.8 Å². The quantitative estimate of drug-likeness (QED) is 0.844. The zero-order valence-electron chi connectivity index (χ0n) is 13.4. The molecule has 124 valence electrons. The summed E-state index contributed by atoms with van der Waals surface area (Å²) in [6, 6.07) is 6.32. The molecular formula is C17H27ClN2O2. The van der Waals surface area contributed by atoms with Crippen molar-refractivity contribution >= 4 is 18.3 Å². The Morgan fingerprint density at radius 1 is 1.41 bits per heavy atom. The van der Waals surface area contributed by atoms with Crippen molar-refractivity contribution in [3.8, 4) is 5.75 Å².